The number of pyridine rings is 1. The SMILES string of the molecule is O=C1CCC(N2C(=O)c3cccc(NCCOCCNC(=O)c4ccc(-c5cnc6ncc(Cc7ccc8ncccc8c7)n6n5)cc4F)c3C2=O)C(=O)N1. The molecule has 2 aliphatic rings. The van der Waals surface area contributed by atoms with Gasteiger partial charge in [0.25, 0.3) is 23.5 Å². The molecule has 6 aromatic rings. The average molecular weight is 742 g/mol. The number of ether oxygens (including phenoxy) is 1. The fourth-order valence-electron chi connectivity index (χ4n) is 6.73. The second-order valence-electron chi connectivity index (χ2n) is 13.0. The average Bonchev–Trinajstić information content (AvgIpc) is 3.70. The molecule has 3 aromatic heterocycles. The van der Waals surface area contributed by atoms with Gasteiger partial charge in [0.1, 0.15) is 17.6 Å². The summed E-state index contributed by atoms with van der Waals surface area (Å²) >= 11 is 0. The van der Waals surface area contributed by atoms with E-state index in [1.807, 2.05) is 24.3 Å². The first kappa shape index (κ1) is 35.1. The molecule has 16 heteroatoms. The molecule has 5 heterocycles. The minimum absolute atomic E-state index is 0.0299. The van der Waals surface area contributed by atoms with Gasteiger partial charge in [-0.15, -0.1) is 0 Å². The number of halogens is 1. The highest BCUT2D eigenvalue weighted by atomic mass is 19.1. The van der Waals surface area contributed by atoms with E-state index in [0.717, 1.165) is 27.1 Å². The number of benzene rings is 3. The highest BCUT2D eigenvalue weighted by Crippen LogP contribution is 2.32. The fraction of sp³-hybridized carbons (Fsp3) is 0.205. The van der Waals surface area contributed by atoms with Gasteiger partial charge in [0, 0.05) is 48.8 Å². The molecule has 1 fully saturated rings. The molecule has 1 atom stereocenters. The molecule has 3 aromatic carbocycles. The first-order valence-electron chi connectivity index (χ1n) is 17.5. The van der Waals surface area contributed by atoms with Gasteiger partial charge < -0.3 is 15.4 Å². The lowest BCUT2D eigenvalue weighted by Gasteiger charge is -2.27. The zero-order valence-electron chi connectivity index (χ0n) is 29.1. The van der Waals surface area contributed by atoms with Gasteiger partial charge in [0.15, 0.2) is 0 Å². The molecule has 0 spiro atoms. The third-order valence-corrected chi connectivity index (χ3v) is 9.42. The van der Waals surface area contributed by atoms with Gasteiger partial charge in [-0.2, -0.15) is 5.10 Å². The number of hydrogen-bond acceptors (Lipinski definition) is 11. The van der Waals surface area contributed by atoms with Crippen molar-refractivity contribution in [2.24, 2.45) is 0 Å². The van der Waals surface area contributed by atoms with Crippen LogP contribution in [0.1, 0.15) is 55.2 Å². The summed E-state index contributed by atoms with van der Waals surface area (Å²) in [4.78, 5) is 77.1. The predicted octanol–water partition coefficient (Wildman–Crippen LogP) is 3.33. The van der Waals surface area contributed by atoms with Gasteiger partial charge in [-0.05, 0) is 54.4 Å². The van der Waals surface area contributed by atoms with Crippen molar-refractivity contribution >= 4 is 51.9 Å². The largest absolute Gasteiger partial charge is 0.382 e. The molecule has 1 saturated heterocycles. The van der Waals surface area contributed by atoms with Gasteiger partial charge in [-0.3, -0.25) is 39.2 Å². The summed E-state index contributed by atoms with van der Waals surface area (Å²) in [7, 11) is 0. The number of rotatable bonds is 12. The lowest BCUT2D eigenvalue weighted by molar-refractivity contribution is -0.136. The number of aromatic nitrogens is 5. The zero-order valence-corrected chi connectivity index (χ0v) is 29.1. The van der Waals surface area contributed by atoms with E-state index < -0.39 is 41.4 Å². The van der Waals surface area contributed by atoms with Crippen LogP contribution in [0.2, 0.25) is 0 Å². The highest BCUT2D eigenvalue weighted by molar-refractivity contribution is 6.25. The Hall–Kier alpha value is -6.94. The van der Waals surface area contributed by atoms with Crippen molar-refractivity contribution in [1.29, 1.82) is 0 Å². The molecule has 0 radical (unpaired) electrons. The summed E-state index contributed by atoms with van der Waals surface area (Å²) in [6.45, 7) is 0.676. The van der Waals surface area contributed by atoms with E-state index in [9.17, 15) is 24.0 Å². The van der Waals surface area contributed by atoms with E-state index in [-0.39, 0.29) is 55.8 Å². The molecule has 8 rings (SSSR count). The maximum absolute atomic E-state index is 15.2. The van der Waals surface area contributed by atoms with E-state index in [0.29, 0.717) is 29.1 Å². The molecule has 15 nitrogen and oxygen atoms in total. The molecular weight excluding hydrogens is 709 g/mol. The Morgan fingerprint density at radius 3 is 2.64 bits per heavy atom. The Bertz CT molecular complexity index is 2540. The standard InChI is InChI=1S/C39H32FN9O6/c40-28-19-24(31-21-45-39-44-20-25(49(39)47-31)18-22-6-9-29-23(17-22)3-2-12-41-29)7-8-26(28)35(51)43-14-16-55-15-13-42-30-5-1-4-27-34(30)38(54)48(37(27)53)32-10-11-33(50)46-36(32)52/h1-9,12,17,19-21,32,42H,10-11,13-16,18H2,(H,43,51)(H,46,50,52). The molecule has 0 bridgehead atoms. The molecule has 276 valence electrons. The molecule has 1 unspecified atom stereocenters. The number of imidazole rings is 1. The number of fused-ring (bicyclic) bond motifs is 3. The second kappa shape index (κ2) is 14.8. The van der Waals surface area contributed by atoms with Gasteiger partial charge in [-0.25, -0.2) is 18.9 Å². The number of carbonyl (C=O) groups excluding carboxylic acids is 5. The molecule has 5 amide bonds. The third-order valence-electron chi connectivity index (χ3n) is 9.42. The second-order valence-corrected chi connectivity index (χ2v) is 13.0. The van der Waals surface area contributed by atoms with Crippen LogP contribution >= 0.6 is 0 Å². The minimum Gasteiger partial charge on any atom is -0.382 e. The highest BCUT2D eigenvalue weighted by Gasteiger charge is 2.45. The van der Waals surface area contributed by atoms with Crippen LogP contribution < -0.4 is 16.0 Å². The van der Waals surface area contributed by atoms with Crippen LogP contribution in [0.15, 0.2) is 85.3 Å². The number of amides is 5. The topological polar surface area (TPSA) is 190 Å². The molecule has 2 aliphatic heterocycles. The van der Waals surface area contributed by atoms with E-state index in [2.05, 4.69) is 42.1 Å². The Balaban J connectivity index is 0.826. The quantitative estimate of drug-likeness (QED) is 0.123. The summed E-state index contributed by atoms with van der Waals surface area (Å²) < 4.78 is 22.5. The van der Waals surface area contributed by atoms with Gasteiger partial charge in [-0.1, -0.05) is 24.3 Å². The summed E-state index contributed by atoms with van der Waals surface area (Å²) in [6.07, 6.45) is 5.61. The van der Waals surface area contributed by atoms with Crippen LogP contribution in [0.5, 0.6) is 0 Å². The Morgan fingerprint density at radius 1 is 0.927 bits per heavy atom. The lowest BCUT2D eigenvalue weighted by atomic mass is 10.0. The number of carbonyl (C=O) groups is 5. The van der Waals surface area contributed by atoms with Crippen LogP contribution in [0.25, 0.3) is 27.9 Å². The van der Waals surface area contributed by atoms with Crippen LogP contribution in [-0.4, -0.2) is 91.3 Å². The van der Waals surface area contributed by atoms with Crippen molar-refractivity contribution in [2.75, 3.05) is 31.6 Å². The van der Waals surface area contributed by atoms with Crippen molar-refractivity contribution in [3.8, 4) is 11.3 Å². The van der Waals surface area contributed by atoms with Crippen molar-refractivity contribution in [3.05, 3.63) is 119 Å². The number of nitrogens with one attached hydrogen (secondary N) is 3. The number of piperidine rings is 1. The first-order valence-corrected chi connectivity index (χ1v) is 17.5. The molecular formula is C39H32FN9O6. The summed E-state index contributed by atoms with van der Waals surface area (Å²) in [6, 6.07) is 17.9. The monoisotopic (exact) mass is 741 g/mol. The minimum atomic E-state index is -1.06. The van der Waals surface area contributed by atoms with Gasteiger partial charge in [0.2, 0.25) is 11.8 Å². The summed E-state index contributed by atoms with van der Waals surface area (Å²) in [5.74, 6) is -3.27. The molecule has 0 saturated carbocycles. The van der Waals surface area contributed by atoms with E-state index in [1.54, 1.807) is 35.1 Å². The van der Waals surface area contributed by atoms with Crippen LogP contribution in [0, 0.1) is 5.82 Å². The maximum atomic E-state index is 15.2. The van der Waals surface area contributed by atoms with Crippen LogP contribution in [0.3, 0.4) is 0 Å². The third kappa shape index (κ3) is 6.97. The van der Waals surface area contributed by atoms with Crippen LogP contribution in [0.4, 0.5) is 10.1 Å². The molecule has 3 N–H and O–H groups in total. The van der Waals surface area contributed by atoms with Gasteiger partial charge in [0.05, 0.1) is 53.5 Å². The Morgan fingerprint density at radius 2 is 1.78 bits per heavy atom. The number of imide groups is 2. The fourth-order valence-corrected chi connectivity index (χ4v) is 6.73. The van der Waals surface area contributed by atoms with Crippen LogP contribution in [-0.2, 0) is 20.7 Å². The van der Waals surface area contributed by atoms with Gasteiger partial charge >= 0.3 is 0 Å². The summed E-state index contributed by atoms with van der Waals surface area (Å²) in [5.41, 5.74) is 4.17. The van der Waals surface area contributed by atoms with Crippen molar-refractivity contribution in [3.63, 3.8) is 0 Å². The predicted molar refractivity (Wildman–Crippen MR) is 195 cm³/mol. The van der Waals surface area contributed by atoms with Crippen molar-refractivity contribution in [2.45, 2.75) is 25.3 Å². The normalized spacial score (nSPS) is 15.4. The van der Waals surface area contributed by atoms with E-state index in [4.69, 9.17) is 4.74 Å². The number of hydrogen-bond donors (Lipinski definition) is 3. The smallest absolute Gasteiger partial charge is 0.264 e. The molecule has 55 heavy (non-hydrogen) atoms. The van der Waals surface area contributed by atoms with Crippen molar-refractivity contribution in [1.82, 2.24) is 40.1 Å². The van der Waals surface area contributed by atoms with E-state index >= 15 is 4.39 Å². The Kier molecular flexibility index (Phi) is 9.46. The van der Waals surface area contributed by atoms with Crippen molar-refractivity contribution < 1.29 is 33.1 Å². The maximum Gasteiger partial charge on any atom is 0.264 e. The Labute approximate surface area is 311 Å². The number of nitrogens with zero attached hydrogens (tertiary/aromatic N) is 6. The van der Waals surface area contributed by atoms with E-state index in [1.165, 1.54) is 24.4 Å². The first-order chi connectivity index (χ1) is 26.7. The zero-order chi connectivity index (χ0) is 38.1. The summed E-state index contributed by atoms with van der Waals surface area (Å²) in [5, 5.41) is 13.6. The lowest BCUT2D eigenvalue weighted by Crippen LogP contribution is -2.54. The number of anilines is 1. The molecule has 0 aliphatic carbocycles.